The maximum absolute atomic E-state index is 13.8. The minimum Gasteiger partial charge on any atom is -0.489 e. The lowest BCUT2D eigenvalue weighted by atomic mass is 10.2. The van der Waals surface area contributed by atoms with Crippen LogP contribution in [0.3, 0.4) is 0 Å². The predicted molar refractivity (Wildman–Crippen MR) is 121 cm³/mol. The van der Waals surface area contributed by atoms with Gasteiger partial charge < -0.3 is 9.47 Å². The van der Waals surface area contributed by atoms with E-state index in [0.29, 0.717) is 17.7 Å². The number of rotatable bonds is 8. The van der Waals surface area contributed by atoms with Gasteiger partial charge in [-0.2, -0.15) is 0 Å². The van der Waals surface area contributed by atoms with Gasteiger partial charge in [-0.1, -0.05) is 36.7 Å². The Kier molecular flexibility index (Phi) is 7.93. The summed E-state index contributed by atoms with van der Waals surface area (Å²) >= 11 is 6.76. The molecule has 0 aromatic heterocycles. The molecule has 168 valence electrons. The minimum atomic E-state index is -0.626. The Balaban J connectivity index is 1.62. The van der Waals surface area contributed by atoms with E-state index in [-0.39, 0.29) is 28.2 Å². The van der Waals surface area contributed by atoms with Gasteiger partial charge in [-0.05, 0) is 61.0 Å². The van der Waals surface area contributed by atoms with Gasteiger partial charge in [0.1, 0.15) is 24.7 Å². The fourth-order valence-corrected chi connectivity index (χ4v) is 3.80. The van der Waals surface area contributed by atoms with E-state index >= 15 is 0 Å². The molecular formula is C23H21ClFNO5S. The van der Waals surface area contributed by atoms with Crippen LogP contribution in [-0.2, 0) is 20.9 Å². The van der Waals surface area contributed by atoms with Crippen LogP contribution in [0.1, 0.15) is 31.4 Å². The number of hydrogen-bond donors (Lipinski definition) is 0. The molecule has 0 radical (unpaired) electrons. The molecule has 32 heavy (non-hydrogen) atoms. The molecule has 6 nitrogen and oxygen atoms in total. The summed E-state index contributed by atoms with van der Waals surface area (Å²) in [5.74, 6) is -1.13. The maximum Gasteiger partial charge on any atom is 0.326 e. The Morgan fingerprint density at radius 2 is 1.94 bits per heavy atom. The van der Waals surface area contributed by atoms with Crippen molar-refractivity contribution < 1.29 is 28.2 Å². The average Bonchev–Trinajstić information content (AvgIpc) is 3.01. The van der Waals surface area contributed by atoms with Crippen LogP contribution in [0, 0.1) is 5.82 Å². The second-order valence-electron chi connectivity index (χ2n) is 7.03. The molecule has 0 spiro atoms. The van der Waals surface area contributed by atoms with E-state index in [9.17, 15) is 18.8 Å². The van der Waals surface area contributed by atoms with Gasteiger partial charge in [0.2, 0.25) is 0 Å². The zero-order chi connectivity index (χ0) is 23.3. The molecule has 1 atom stereocenters. The fraction of sp³-hybridized carbons (Fsp3) is 0.261. The van der Waals surface area contributed by atoms with E-state index in [1.807, 2.05) is 6.92 Å². The van der Waals surface area contributed by atoms with Crippen molar-refractivity contribution in [2.45, 2.75) is 33.0 Å². The van der Waals surface area contributed by atoms with E-state index < -0.39 is 29.5 Å². The first kappa shape index (κ1) is 23.8. The number of nitrogens with zero attached hydrogens (tertiary/aromatic N) is 1. The van der Waals surface area contributed by atoms with Gasteiger partial charge in [-0.15, -0.1) is 0 Å². The Morgan fingerprint density at radius 1 is 1.22 bits per heavy atom. The molecule has 2 amide bonds. The van der Waals surface area contributed by atoms with Gasteiger partial charge in [0.15, 0.2) is 0 Å². The van der Waals surface area contributed by atoms with E-state index in [1.54, 1.807) is 43.3 Å². The molecule has 9 heteroatoms. The fourth-order valence-electron chi connectivity index (χ4n) is 2.75. The second-order valence-corrected chi connectivity index (χ2v) is 8.43. The van der Waals surface area contributed by atoms with Gasteiger partial charge in [0.25, 0.3) is 11.1 Å². The first-order valence-electron chi connectivity index (χ1n) is 9.89. The Morgan fingerprint density at radius 3 is 2.59 bits per heavy atom. The minimum absolute atomic E-state index is 0.0313. The van der Waals surface area contributed by atoms with Crippen LogP contribution in [-0.4, -0.2) is 34.7 Å². The van der Waals surface area contributed by atoms with Crippen molar-refractivity contribution in [2.75, 3.05) is 6.54 Å². The van der Waals surface area contributed by atoms with Crippen molar-refractivity contribution in [1.82, 2.24) is 4.90 Å². The number of thioether (sulfide) groups is 1. The van der Waals surface area contributed by atoms with Crippen molar-refractivity contribution >= 4 is 46.6 Å². The highest BCUT2D eigenvalue weighted by Crippen LogP contribution is 2.32. The predicted octanol–water partition coefficient (Wildman–Crippen LogP) is 5.44. The van der Waals surface area contributed by atoms with Crippen LogP contribution in [0.15, 0.2) is 47.4 Å². The van der Waals surface area contributed by atoms with E-state index in [1.165, 1.54) is 12.1 Å². The van der Waals surface area contributed by atoms with E-state index in [4.69, 9.17) is 21.1 Å². The SMILES string of the molecule is CC[C@H](C)OC(=O)CN1C(=O)S/C(=C\c2ccc(OCc3c(F)cccc3Cl)cc2)C1=O. The zero-order valence-corrected chi connectivity index (χ0v) is 19.0. The smallest absolute Gasteiger partial charge is 0.326 e. The summed E-state index contributed by atoms with van der Waals surface area (Å²) in [4.78, 5) is 37.7. The summed E-state index contributed by atoms with van der Waals surface area (Å²) < 4.78 is 24.6. The Labute approximate surface area is 194 Å². The van der Waals surface area contributed by atoms with E-state index in [0.717, 1.165) is 16.7 Å². The highest BCUT2D eigenvalue weighted by molar-refractivity contribution is 8.18. The van der Waals surface area contributed by atoms with Crippen LogP contribution >= 0.6 is 23.4 Å². The van der Waals surface area contributed by atoms with Gasteiger partial charge in [-0.25, -0.2) is 4.39 Å². The molecule has 0 saturated carbocycles. The normalized spacial score (nSPS) is 15.9. The van der Waals surface area contributed by atoms with Gasteiger partial charge >= 0.3 is 5.97 Å². The number of halogens is 2. The summed E-state index contributed by atoms with van der Waals surface area (Å²) in [7, 11) is 0. The molecule has 1 fully saturated rings. The molecule has 0 bridgehead atoms. The lowest BCUT2D eigenvalue weighted by Gasteiger charge is -2.14. The number of carbonyl (C=O) groups is 3. The molecule has 0 unspecified atom stereocenters. The van der Waals surface area contributed by atoms with Crippen molar-refractivity contribution in [3.8, 4) is 5.75 Å². The average molecular weight is 478 g/mol. The third kappa shape index (κ3) is 5.89. The Hall–Kier alpha value is -2.84. The molecule has 1 aliphatic heterocycles. The largest absolute Gasteiger partial charge is 0.489 e. The third-order valence-corrected chi connectivity index (χ3v) is 5.95. The first-order valence-corrected chi connectivity index (χ1v) is 11.1. The second kappa shape index (κ2) is 10.7. The third-order valence-electron chi connectivity index (χ3n) is 4.69. The van der Waals surface area contributed by atoms with Crippen LogP contribution in [0.5, 0.6) is 5.75 Å². The topological polar surface area (TPSA) is 72.9 Å². The van der Waals surface area contributed by atoms with Crippen molar-refractivity contribution in [3.05, 3.63) is 69.3 Å². The number of benzene rings is 2. The molecule has 2 aromatic rings. The summed E-state index contributed by atoms with van der Waals surface area (Å²) in [5, 5.41) is -0.241. The maximum atomic E-state index is 13.8. The number of imide groups is 1. The van der Waals surface area contributed by atoms with Gasteiger partial charge in [-0.3, -0.25) is 19.3 Å². The van der Waals surface area contributed by atoms with Crippen LogP contribution in [0.4, 0.5) is 9.18 Å². The molecule has 3 rings (SSSR count). The van der Waals surface area contributed by atoms with Gasteiger partial charge in [0.05, 0.1) is 16.0 Å². The standard InChI is InChI=1S/C23H21ClFNO5S/c1-3-14(2)31-21(27)12-26-22(28)20(32-23(26)29)11-15-7-9-16(10-8-15)30-13-17-18(24)5-4-6-19(17)25/h4-11,14H,3,12-13H2,1-2H3/b20-11-/t14-/m0/s1. The number of carbonyl (C=O) groups excluding carboxylic acids is 3. The van der Waals surface area contributed by atoms with Crippen LogP contribution in [0.2, 0.25) is 5.02 Å². The lowest BCUT2D eigenvalue weighted by molar-refractivity contribution is -0.150. The molecule has 0 aliphatic carbocycles. The molecule has 0 N–H and O–H groups in total. The first-order chi connectivity index (χ1) is 15.3. The number of hydrogen-bond acceptors (Lipinski definition) is 6. The Bertz CT molecular complexity index is 1040. The monoisotopic (exact) mass is 477 g/mol. The number of ether oxygens (including phenoxy) is 2. The molecule has 1 saturated heterocycles. The lowest BCUT2D eigenvalue weighted by Crippen LogP contribution is -2.35. The molecule has 1 aliphatic rings. The van der Waals surface area contributed by atoms with Crippen molar-refractivity contribution in [2.24, 2.45) is 0 Å². The van der Waals surface area contributed by atoms with Crippen LogP contribution < -0.4 is 4.74 Å². The number of amides is 2. The number of esters is 1. The highest BCUT2D eigenvalue weighted by Gasteiger charge is 2.36. The van der Waals surface area contributed by atoms with Crippen molar-refractivity contribution in [3.63, 3.8) is 0 Å². The van der Waals surface area contributed by atoms with E-state index in [2.05, 4.69) is 0 Å². The molecule has 1 heterocycles. The summed E-state index contributed by atoms with van der Waals surface area (Å²) in [5.41, 5.74) is 0.924. The molecular weight excluding hydrogens is 457 g/mol. The molecule has 2 aromatic carbocycles. The summed E-state index contributed by atoms with van der Waals surface area (Å²) in [6.07, 6.45) is 1.91. The van der Waals surface area contributed by atoms with Gasteiger partial charge in [0, 0.05) is 5.56 Å². The zero-order valence-electron chi connectivity index (χ0n) is 17.5. The van der Waals surface area contributed by atoms with Crippen LogP contribution in [0.25, 0.3) is 6.08 Å². The van der Waals surface area contributed by atoms with Crippen molar-refractivity contribution in [1.29, 1.82) is 0 Å². The summed E-state index contributed by atoms with van der Waals surface area (Å²) in [6, 6.07) is 11.1. The highest BCUT2D eigenvalue weighted by atomic mass is 35.5. The summed E-state index contributed by atoms with van der Waals surface area (Å²) in [6.45, 7) is 3.16. The quantitative estimate of drug-likeness (QED) is 0.372.